The van der Waals surface area contributed by atoms with Crippen molar-refractivity contribution in [3.05, 3.63) is 29.5 Å². The molecule has 0 aliphatic carbocycles. The number of halogens is 1. The van der Waals surface area contributed by atoms with Gasteiger partial charge in [-0.1, -0.05) is 0 Å². The molecule has 2 unspecified atom stereocenters. The molecule has 4 heterocycles. The molecule has 2 N–H and O–H groups in total. The van der Waals surface area contributed by atoms with Gasteiger partial charge in [0.2, 0.25) is 5.91 Å². The van der Waals surface area contributed by atoms with Crippen LogP contribution in [0.25, 0.3) is 0 Å². The van der Waals surface area contributed by atoms with Gasteiger partial charge in [-0.15, -0.1) is 23.7 Å². The summed E-state index contributed by atoms with van der Waals surface area (Å²) in [6, 6.07) is 1.58. The number of amides is 2. The summed E-state index contributed by atoms with van der Waals surface area (Å²) in [6.45, 7) is 2.48. The predicted octanol–water partition coefficient (Wildman–Crippen LogP) is 1.93. The van der Waals surface area contributed by atoms with E-state index in [1.54, 1.807) is 22.5 Å². The number of anilines is 1. The van der Waals surface area contributed by atoms with Crippen LogP contribution in [0, 0.1) is 0 Å². The van der Waals surface area contributed by atoms with Crippen molar-refractivity contribution in [1.29, 1.82) is 0 Å². The highest BCUT2D eigenvalue weighted by Gasteiger charge is 2.35. The van der Waals surface area contributed by atoms with Crippen LogP contribution in [0.2, 0.25) is 0 Å². The van der Waals surface area contributed by atoms with E-state index in [9.17, 15) is 9.59 Å². The van der Waals surface area contributed by atoms with Gasteiger partial charge in [-0.05, 0) is 38.3 Å². The van der Waals surface area contributed by atoms with Gasteiger partial charge in [0, 0.05) is 30.9 Å². The standard InChI is InChI=1S/C17H22N6O2S.ClH/c24-15(20-17-19-7-10-26-17)14-4-2-8-22(14)16(25)13-5-9-23(21-13)12-3-1-6-18-11-12;/h5,7,9-10,12,14,18H,1-4,6,8,11H2,(H,19,20,24);1H. The SMILES string of the molecule is Cl.O=C(Nc1nccs1)C1CCCN1C(=O)c1ccn(C2CCCNC2)n1. The van der Waals surface area contributed by atoms with Gasteiger partial charge in [0.1, 0.15) is 11.7 Å². The van der Waals surface area contributed by atoms with Crippen LogP contribution in [0.4, 0.5) is 5.13 Å². The Bertz CT molecular complexity index is 774. The number of carbonyl (C=O) groups is 2. The zero-order chi connectivity index (χ0) is 17.9. The molecule has 2 amide bonds. The first-order valence-electron chi connectivity index (χ1n) is 8.99. The van der Waals surface area contributed by atoms with Gasteiger partial charge in [0.05, 0.1) is 6.04 Å². The van der Waals surface area contributed by atoms with Crippen LogP contribution in [-0.2, 0) is 4.79 Å². The minimum Gasteiger partial charge on any atom is -0.325 e. The van der Waals surface area contributed by atoms with Crippen LogP contribution >= 0.6 is 23.7 Å². The number of hydrogen-bond donors (Lipinski definition) is 2. The van der Waals surface area contributed by atoms with Crippen molar-refractivity contribution in [1.82, 2.24) is 25.0 Å². The summed E-state index contributed by atoms with van der Waals surface area (Å²) in [6.07, 6.45) is 7.16. The topological polar surface area (TPSA) is 92.2 Å². The Morgan fingerprint density at radius 2 is 2.19 bits per heavy atom. The average molecular weight is 411 g/mol. The van der Waals surface area contributed by atoms with E-state index in [0.29, 0.717) is 23.8 Å². The molecule has 2 aliphatic rings. The normalized spacial score (nSPS) is 22.3. The first-order valence-corrected chi connectivity index (χ1v) is 9.87. The van der Waals surface area contributed by atoms with Crippen molar-refractivity contribution in [2.24, 2.45) is 0 Å². The maximum Gasteiger partial charge on any atom is 0.275 e. The van der Waals surface area contributed by atoms with E-state index in [0.717, 1.165) is 32.4 Å². The Kier molecular flexibility index (Phi) is 6.46. The minimum absolute atomic E-state index is 0. The van der Waals surface area contributed by atoms with Gasteiger partial charge in [-0.3, -0.25) is 14.3 Å². The lowest BCUT2D eigenvalue weighted by Gasteiger charge is -2.24. The molecule has 2 saturated heterocycles. The molecule has 0 bridgehead atoms. The maximum atomic E-state index is 12.9. The van der Waals surface area contributed by atoms with E-state index in [2.05, 4.69) is 20.7 Å². The Hall–Kier alpha value is -1.97. The van der Waals surface area contributed by atoms with Gasteiger partial charge in [0.15, 0.2) is 5.13 Å². The van der Waals surface area contributed by atoms with E-state index in [-0.39, 0.29) is 30.3 Å². The third-order valence-electron chi connectivity index (χ3n) is 4.95. The molecule has 27 heavy (non-hydrogen) atoms. The zero-order valence-electron chi connectivity index (χ0n) is 14.8. The number of carbonyl (C=O) groups excluding carboxylic acids is 2. The van der Waals surface area contributed by atoms with E-state index < -0.39 is 6.04 Å². The molecule has 4 rings (SSSR count). The van der Waals surface area contributed by atoms with Gasteiger partial charge in [0.25, 0.3) is 5.91 Å². The second-order valence-corrected chi connectivity index (χ2v) is 7.56. The lowest BCUT2D eigenvalue weighted by atomic mass is 10.1. The fourth-order valence-corrected chi connectivity index (χ4v) is 4.15. The summed E-state index contributed by atoms with van der Waals surface area (Å²) >= 11 is 1.37. The molecule has 146 valence electrons. The van der Waals surface area contributed by atoms with Crippen molar-refractivity contribution in [3.63, 3.8) is 0 Å². The molecule has 2 aromatic rings. The molecule has 10 heteroatoms. The molecule has 0 saturated carbocycles. The predicted molar refractivity (Wildman–Crippen MR) is 105 cm³/mol. The quantitative estimate of drug-likeness (QED) is 0.803. The van der Waals surface area contributed by atoms with E-state index in [1.807, 2.05) is 10.9 Å². The van der Waals surface area contributed by atoms with Crippen LogP contribution < -0.4 is 10.6 Å². The lowest BCUT2D eigenvalue weighted by molar-refractivity contribution is -0.119. The molecule has 0 radical (unpaired) electrons. The second-order valence-electron chi connectivity index (χ2n) is 6.66. The van der Waals surface area contributed by atoms with Crippen LogP contribution in [0.1, 0.15) is 42.2 Å². The van der Waals surface area contributed by atoms with Gasteiger partial charge in [-0.25, -0.2) is 4.98 Å². The van der Waals surface area contributed by atoms with Crippen molar-refractivity contribution in [3.8, 4) is 0 Å². The van der Waals surface area contributed by atoms with E-state index in [1.165, 1.54) is 11.3 Å². The number of likely N-dealkylation sites (tertiary alicyclic amines) is 1. The minimum atomic E-state index is -0.465. The van der Waals surface area contributed by atoms with Crippen LogP contribution in [0.15, 0.2) is 23.8 Å². The highest BCUT2D eigenvalue weighted by molar-refractivity contribution is 7.13. The van der Waals surface area contributed by atoms with Crippen molar-refractivity contribution in [2.75, 3.05) is 25.0 Å². The molecule has 2 fully saturated rings. The number of rotatable bonds is 4. The first-order chi connectivity index (χ1) is 12.7. The maximum absolute atomic E-state index is 12.9. The molecule has 2 atom stereocenters. The third kappa shape index (κ3) is 4.31. The fourth-order valence-electron chi connectivity index (χ4n) is 3.62. The lowest BCUT2D eigenvalue weighted by Crippen LogP contribution is -2.43. The van der Waals surface area contributed by atoms with Crippen LogP contribution in [0.5, 0.6) is 0 Å². The molecule has 2 aliphatic heterocycles. The first kappa shape index (κ1) is 19.8. The highest BCUT2D eigenvalue weighted by Crippen LogP contribution is 2.23. The summed E-state index contributed by atoms with van der Waals surface area (Å²) in [5, 5.41) is 13.0. The highest BCUT2D eigenvalue weighted by atomic mass is 35.5. The van der Waals surface area contributed by atoms with E-state index in [4.69, 9.17) is 0 Å². The third-order valence-corrected chi connectivity index (χ3v) is 5.64. The molecule has 0 spiro atoms. The summed E-state index contributed by atoms with van der Waals surface area (Å²) in [4.78, 5) is 31.1. The molecule has 8 nitrogen and oxygen atoms in total. The number of nitrogens with one attached hydrogen (secondary N) is 2. The van der Waals surface area contributed by atoms with E-state index >= 15 is 0 Å². The van der Waals surface area contributed by atoms with Crippen molar-refractivity contribution < 1.29 is 9.59 Å². The molecule has 2 aromatic heterocycles. The number of hydrogen-bond acceptors (Lipinski definition) is 6. The number of thiazole rings is 1. The fraction of sp³-hybridized carbons (Fsp3) is 0.529. The molecule has 0 aromatic carbocycles. The monoisotopic (exact) mass is 410 g/mol. The Morgan fingerprint density at radius 1 is 1.30 bits per heavy atom. The van der Waals surface area contributed by atoms with Gasteiger partial charge in [-0.2, -0.15) is 5.10 Å². The van der Waals surface area contributed by atoms with Crippen LogP contribution in [0.3, 0.4) is 0 Å². The summed E-state index contributed by atoms with van der Waals surface area (Å²) in [5.41, 5.74) is 0.407. The smallest absolute Gasteiger partial charge is 0.275 e. The van der Waals surface area contributed by atoms with Crippen molar-refractivity contribution >= 4 is 40.7 Å². The Morgan fingerprint density at radius 3 is 2.93 bits per heavy atom. The largest absolute Gasteiger partial charge is 0.325 e. The Balaban J connectivity index is 0.00000210. The summed E-state index contributed by atoms with van der Waals surface area (Å²) in [5.74, 6) is -0.356. The van der Waals surface area contributed by atoms with Crippen molar-refractivity contribution in [2.45, 2.75) is 37.8 Å². The van der Waals surface area contributed by atoms with Gasteiger partial charge < -0.3 is 15.5 Å². The number of piperidine rings is 1. The zero-order valence-corrected chi connectivity index (χ0v) is 16.5. The second kappa shape index (κ2) is 8.81. The average Bonchev–Trinajstić information content (AvgIpc) is 3.42. The summed E-state index contributed by atoms with van der Waals surface area (Å²) in [7, 11) is 0. The Labute approximate surface area is 167 Å². The molecular weight excluding hydrogens is 388 g/mol. The van der Waals surface area contributed by atoms with Gasteiger partial charge >= 0.3 is 0 Å². The number of nitrogens with zero attached hydrogens (tertiary/aromatic N) is 4. The molecular formula is C17H23ClN6O2S. The number of aromatic nitrogens is 3. The summed E-state index contributed by atoms with van der Waals surface area (Å²) < 4.78 is 1.88. The van der Waals surface area contributed by atoms with Crippen LogP contribution in [-0.4, -0.2) is 57.2 Å².